The van der Waals surface area contributed by atoms with E-state index in [9.17, 15) is 10.1 Å². The predicted molar refractivity (Wildman–Crippen MR) is 71.6 cm³/mol. The average Bonchev–Trinajstić information content (AvgIpc) is 2.27. The van der Waals surface area contributed by atoms with Crippen LogP contribution >= 0.6 is 11.9 Å². The van der Waals surface area contributed by atoms with E-state index >= 15 is 0 Å². The predicted octanol–water partition coefficient (Wildman–Crippen LogP) is 3.88. The van der Waals surface area contributed by atoms with E-state index in [0.29, 0.717) is 34.4 Å². The number of hydrogen-bond acceptors (Lipinski definition) is 4. The maximum absolute atomic E-state index is 10.7. The van der Waals surface area contributed by atoms with Crippen molar-refractivity contribution in [2.45, 2.75) is 44.1 Å². The molecule has 18 heavy (non-hydrogen) atoms. The van der Waals surface area contributed by atoms with Crippen molar-refractivity contribution in [1.82, 2.24) is 0 Å². The Morgan fingerprint density at radius 2 is 2.06 bits per heavy atom. The summed E-state index contributed by atoms with van der Waals surface area (Å²) >= 11 is 0.614. The SMILES string of the molecule is CC1c2cccc(S[N+](=O)[O-])c2OC(C)(C)C1C. The average molecular weight is 267 g/mol. The molecule has 1 aromatic carbocycles. The van der Waals surface area contributed by atoms with Gasteiger partial charge in [0, 0.05) is 5.92 Å². The molecule has 1 aliphatic heterocycles. The van der Waals surface area contributed by atoms with E-state index in [1.807, 2.05) is 26.0 Å². The van der Waals surface area contributed by atoms with Crippen LogP contribution in [0.1, 0.15) is 39.2 Å². The third kappa shape index (κ3) is 2.19. The Labute approximate surface area is 111 Å². The summed E-state index contributed by atoms with van der Waals surface area (Å²) in [6.45, 7) is 8.37. The molecule has 1 aromatic rings. The maximum atomic E-state index is 10.7. The first-order valence-electron chi connectivity index (χ1n) is 5.97. The summed E-state index contributed by atoms with van der Waals surface area (Å²) in [6.07, 6.45) is 0. The molecule has 2 atom stereocenters. The normalized spacial score (nSPS) is 25.1. The molecule has 5 heteroatoms. The van der Waals surface area contributed by atoms with Gasteiger partial charge in [-0.2, -0.15) is 0 Å². The smallest absolute Gasteiger partial charge is 0.269 e. The number of nitrogens with zero attached hydrogens (tertiary/aromatic N) is 1. The Morgan fingerprint density at radius 3 is 2.67 bits per heavy atom. The second-order valence-electron chi connectivity index (χ2n) is 5.27. The van der Waals surface area contributed by atoms with E-state index in [4.69, 9.17) is 4.74 Å². The van der Waals surface area contributed by atoms with Gasteiger partial charge in [0.25, 0.3) is 11.9 Å². The van der Waals surface area contributed by atoms with Gasteiger partial charge in [0.1, 0.15) is 20.6 Å². The van der Waals surface area contributed by atoms with Crippen molar-refractivity contribution >= 4 is 11.9 Å². The highest BCUT2D eigenvalue weighted by Crippen LogP contribution is 2.48. The van der Waals surface area contributed by atoms with Crippen LogP contribution < -0.4 is 4.74 Å². The molecule has 1 heterocycles. The topological polar surface area (TPSA) is 52.4 Å². The van der Waals surface area contributed by atoms with Crippen molar-refractivity contribution in [3.63, 3.8) is 0 Å². The number of ether oxygens (including phenoxy) is 1. The quantitative estimate of drug-likeness (QED) is 0.463. The third-order valence-corrected chi connectivity index (χ3v) is 4.55. The molecule has 0 N–H and O–H groups in total. The van der Waals surface area contributed by atoms with E-state index in [1.54, 1.807) is 6.07 Å². The van der Waals surface area contributed by atoms with Gasteiger partial charge < -0.3 is 4.74 Å². The summed E-state index contributed by atoms with van der Waals surface area (Å²) < 4.78 is 5.61. The summed E-state index contributed by atoms with van der Waals surface area (Å²) in [4.78, 5) is 11.3. The third-order valence-electron chi connectivity index (χ3n) is 3.88. The van der Waals surface area contributed by atoms with Gasteiger partial charge in [-0.25, -0.2) is 0 Å². The molecule has 0 saturated heterocycles. The Hall–Kier alpha value is -1.23. The first kappa shape index (κ1) is 13.2. The molecule has 0 amide bonds. The van der Waals surface area contributed by atoms with Gasteiger partial charge in [-0.3, -0.25) is 10.1 Å². The molecule has 2 unspecified atom stereocenters. The fourth-order valence-corrected chi connectivity index (χ4v) is 2.92. The minimum atomic E-state index is -0.394. The lowest BCUT2D eigenvalue weighted by Crippen LogP contribution is -2.42. The number of hydrogen-bond donors (Lipinski definition) is 0. The molecular weight excluding hydrogens is 250 g/mol. The summed E-state index contributed by atoms with van der Waals surface area (Å²) in [5.74, 6) is 1.37. The first-order chi connectivity index (χ1) is 8.33. The highest BCUT2D eigenvalue weighted by molar-refractivity contribution is 7.93. The summed E-state index contributed by atoms with van der Waals surface area (Å²) in [5.41, 5.74) is 0.758. The summed E-state index contributed by atoms with van der Waals surface area (Å²) in [5, 5.41) is 10.7. The van der Waals surface area contributed by atoms with Gasteiger partial charge >= 0.3 is 0 Å². The van der Waals surface area contributed by atoms with Gasteiger partial charge in [0.15, 0.2) is 0 Å². The van der Waals surface area contributed by atoms with Crippen molar-refractivity contribution in [2.75, 3.05) is 0 Å². The first-order valence-corrected chi connectivity index (χ1v) is 6.74. The van der Waals surface area contributed by atoms with Crippen LogP contribution in [0.25, 0.3) is 0 Å². The van der Waals surface area contributed by atoms with Crippen LogP contribution in [-0.2, 0) is 0 Å². The zero-order valence-electron chi connectivity index (χ0n) is 11.0. The molecule has 98 valence electrons. The van der Waals surface area contributed by atoms with Gasteiger partial charge in [-0.05, 0) is 31.4 Å². The van der Waals surface area contributed by atoms with Gasteiger partial charge in [0.2, 0.25) is 0 Å². The van der Waals surface area contributed by atoms with Gasteiger partial charge in [-0.1, -0.05) is 26.0 Å². The molecule has 0 saturated carbocycles. The van der Waals surface area contributed by atoms with Crippen LogP contribution in [0.15, 0.2) is 23.1 Å². The van der Waals surface area contributed by atoms with Crippen LogP contribution in [0.5, 0.6) is 5.75 Å². The largest absolute Gasteiger partial charge is 0.486 e. The highest BCUT2D eigenvalue weighted by atomic mass is 32.2. The lowest BCUT2D eigenvalue weighted by molar-refractivity contribution is -0.284. The Morgan fingerprint density at radius 1 is 1.39 bits per heavy atom. The zero-order chi connectivity index (χ0) is 13.5. The minimum Gasteiger partial charge on any atom is -0.486 e. The second kappa shape index (κ2) is 4.46. The van der Waals surface area contributed by atoms with Crippen LogP contribution in [0, 0.1) is 16.0 Å². The minimum absolute atomic E-state index is 0.306. The zero-order valence-corrected chi connectivity index (χ0v) is 11.8. The second-order valence-corrected chi connectivity index (χ2v) is 6.19. The Bertz CT molecular complexity index is 487. The highest BCUT2D eigenvalue weighted by Gasteiger charge is 2.40. The number of rotatable bonds is 2. The molecule has 0 fully saturated rings. The van der Waals surface area contributed by atoms with Gasteiger partial charge in [-0.15, -0.1) is 0 Å². The standard InChI is InChI=1S/C13H17NO3S/c1-8-9(2)13(3,4)17-12-10(8)6-5-7-11(12)18-14(15)16/h5-9H,1-4H3. The maximum Gasteiger partial charge on any atom is 0.269 e. The Balaban J connectivity index is 2.50. The van der Waals surface area contributed by atoms with Crippen molar-refractivity contribution in [2.24, 2.45) is 5.92 Å². The van der Waals surface area contributed by atoms with E-state index in [2.05, 4.69) is 13.8 Å². The molecule has 1 aliphatic rings. The molecule has 0 aromatic heterocycles. The molecule has 0 radical (unpaired) electrons. The van der Waals surface area contributed by atoms with E-state index in [-0.39, 0.29) is 5.60 Å². The van der Waals surface area contributed by atoms with E-state index in [0.717, 1.165) is 5.56 Å². The Kier molecular flexibility index (Phi) is 3.27. The summed E-state index contributed by atoms with van der Waals surface area (Å²) in [6, 6.07) is 5.59. The molecule has 4 nitrogen and oxygen atoms in total. The van der Waals surface area contributed by atoms with Crippen LogP contribution in [0.2, 0.25) is 0 Å². The van der Waals surface area contributed by atoms with Crippen molar-refractivity contribution in [1.29, 1.82) is 0 Å². The number of para-hydroxylation sites is 1. The lowest BCUT2D eigenvalue weighted by Gasteiger charge is -2.42. The van der Waals surface area contributed by atoms with Crippen LogP contribution in [-0.4, -0.2) is 9.93 Å². The van der Waals surface area contributed by atoms with Crippen molar-refractivity contribution in [3.05, 3.63) is 33.9 Å². The monoisotopic (exact) mass is 267 g/mol. The summed E-state index contributed by atoms with van der Waals surface area (Å²) in [7, 11) is 0. The molecule has 0 aliphatic carbocycles. The number of nitro groups is 1. The van der Waals surface area contributed by atoms with E-state index in [1.165, 1.54) is 0 Å². The van der Waals surface area contributed by atoms with Crippen LogP contribution in [0.3, 0.4) is 0 Å². The fraction of sp³-hybridized carbons (Fsp3) is 0.538. The molecular formula is C13H17NO3S. The molecule has 2 rings (SSSR count). The van der Waals surface area contributed by atoms with E-state index < -0.39 is 4.33 Å². The number of fused-ring (bicyclic) bond motifs is 1. The van der Waals surface area contributed by atoms with Crippen LogP contribution in [0.4, 0.5) is 0 Å². The fourth-order valence-electron chi connectivity index (χ4n) is 2.38. The van der Waals surface area contributed by atoms with Crippen molar-refractivity contribution < 1.29 is 9.07 Å². The lowest BCUT2D eigenvalue weighted by atomic mass is 9.76. The van der Waals surface area contributed by atoms with Gasteiger partial charge in [0.05, 0.1) is 0 Å². The van der Waals surface area contributed by atoms with Crippen molar-refractivity contribution in [3.8, 4) is 5.75 Å². The molecule has 0 bridgehead atoms. The number of benzene rings is 1. The molecule has 0 spiro atoms.